The van der Waals surface area contributed by atoms with Crippen molar-refractivity contribution >= 4 is 5.97 Å². The molecule has 1 aromatic rings. The lowest BCUT2D eigenvalue weighted by atomic mass is 9.72. The number of rotatable bonds is 24. The van der Waals surface area contributed by atoms with E-state index in [9.17, 15) is 9.90 Å². The quantitative estimate of drug-likeness (QED) is 0.101. The number of aliphatic carboxylic acids is 1. The minimum atomic E-state index is -0.929. The van der Waals surface area contributed by atoms with Crippen LogP contribution in [0, 0.1) is 124 Å². The third-order valence-corrected chi connectivity index (χ3v) is 17.2. The highest BCUT2D eigenvalue weighted by Crippen LogP contribution is 2.34. The Kier molecular flexibility index (Phi) is 60.7. The first-order valence-electron chi connectivity index (χ1n) is 31.7. The Bertz CT molecular complexity index is 1210. The predicted molar refractivity (Wildman–Crippen MR) is 344 cm³/mol. The molecular formula is C71H148NO3-. The van der Waals surface area contributed by atoms with Crippen molar-refractivity contribution in [3.05, 3.63) is 35.9 Å². The van der Waals surface area contributed by atoms with Crippen LogP contribution in [0.3, 0.4) is 0 Å². The minimum absolute atomic E-state index is 0.195. The van der Waals surface area contributed by atoms with E-state index in [0.29, 0.717) is 47.5 Å². The number of aliphatic hydroxyl groups excluding tert-OH is 1. The third kappa shape index (κ3) is 53.0. The lowest BCUT2D eigenvalue weighted by molar-refractivity contribution is -0.306. The first-order valence-corrected chi connectivity index (χ1v) is 31.7. The second-order valence-corrected chi connectivity index (χ2v) is 28.2. The van der Waals surface area contributed by atoms with Gasteiger partial charge < -0.3 is 20.7 Å². The SMILES string of the molecule is CC(C)C(C)(C)C(C)C.CC(C)C(C)C(C)C.CC(C)C(C)C(C)C.CC(C)C(CCC(=O)[O-])C(C)C.CC(C)C(CCCCN)C(C)C.CC(C)C(CO)C(C)C.CC(C)C(Cc1ccccc1)C(C)C.CCC. The predicted octanol–water partition coefficient (Wildman–Crippen LogP) is 21.2. The Morgan fingerprint density at radius 2 is 0.733 bits per heavy atom. The van der Waals surface area contributed by atoms with Crippen molar-refractivity contribution in [2.24, 2.45) is 130 Å². The molecule has 0 unspecified atom stereocenters. The van der Waals surface area contributed by atoms with Gasteiger partial charge in [-0.1, -0.05) is 279 Å². The van der Waals surface area contributed by atoms with Crippen LogP contribution in [-0.4, -0.2) is 24.2 Å². The van der Waals surface area contributed by atoms with Crippen molar-refractivity contribution in [3.8, 4) is 0 Å². The smallest absolute Gasteiger partial charge is 0.0464 e. The number of carboxylic acids is 1. The molecule has 4 nitrogen and oxygen atoms in total. The number of hydrogen-bond donors (Lipinski definition) is 2. The molecule has 0 radical (unpaired) electrons. The number of carbonyl (C=O) groups is 1. The van der Waals surface area contributed by atoms with Crippen LogP contribution in [-0.2, 0) is 11.2 Å². The molecule has 1 aromatic carbocycles. The number of aliphatic hydroxyl groups is 1. The summed E-state index contributed by atoms with van der Waals surface area (Å²) in [5.41, 5.74) is 7.44. The molecule has 0 atom stereocenters. The summed E-state index contributed by atoms with van der Waals surface area (Å²) in [5.74, 6) is 14.0. The molecule has 0 saturated heterocycles. The van der Waals surface area contributed by atoms with Gasteiger partial charge in [0.2, 0.25) is 0 Å². The molecular weight excluding hydrogens is 915 g/mol. The first-order chi connectivity index (χ1) is 34.1. The van der Waals surface area contributed by atoms with Gasteiger partial charge in [-0.25, -0.2) is 0 Å². The molecule has 456 valence electrons. The Morgan fingerprint density at radius 3 is 0.907 bits per heavy atom. The average molecular weight is 1060 g/mol. The largest absolute Gasteiger partial charge is 0.550 e. The normalized spacial score (nSPS) is 11.8. The molecule has 0 fully saturated rings. The molecule has 4 heteroatoms. The van der Waals surface area contributed by atoms with Crippen molar-refractivity contribution in [3.63, 3.8) is 0 Å². The fraction of sp³-hybridized carbons (Fsp3) is 0.901. The molecule has 1 rings (SSSR count). The van der Waals surface area contributed by atoms with Gasteiger partial charge in [0.15, 0.2) is 0 Å². The molecule has 0 aliphatic carbocycles. The summed E-state index contributed by atoms with van der Waals surface area (Å²) in [6, 6.07) is 10.8. The van der Waals surface area contributed by atoms with Crippen LogP contribution >= 0.6 is 0 Å². The molecule has 0 aliphatic rings. The molecule has 75 heavy (non-hydrogen) atoms. The highest BCUT2D eigenvalue weighted by atomic mass is 16.4. The van der Waals surface area contributed by atoms with Crippen LogP contribution < -0.4 is 10.8 Å². The number of benzene rings is 1. The Hall–Kier alpha value is -1.39. The summed E-state index contributed by atoms with van der Waals surface area (Å²) in [4.78, 5) is 10.2. The number of unbranched alkanes of at least 4 members (excludes halogenated alkanes) is 1. The van der Waals surface area contributed by atoms with Crippen LogP contribution in [0.25, 0.3) is 0 Å². The zero-order chi connectivity index (χ0) is 61.1. The molecule has 0 spiro atoms. The van der Waals surface area contributed by atoms with Crippen molar-refractivity contribution < 1.29 is 15.0 Å². The summed E-state index contributed by atoms with van der Waals surface area (Å²) >= 11 is 0. The lowest BCUT2D eigenvalue weighted by Crippen LogP contribution is -2.25. The molecule has 0 heterocycles. The van der Waals surface area contributed by atoms with E-state index in [2.05, 4.69) is 266 Å². The van der Waals surface area contributed by atoms with Crippen molar-refractivity contribution in [1.82, 2.24) is 0 Å². The van der Waals surface area contributed by atoms with Gasteiger partial charge in [-0.15, -0.1) is 0 Å². The van der Waals surface area contributed by atoms with E-state index < -0.39 is 5.97 Å². The third-order valence-electron chi connectivity index (χ3n) is 17.2. The van der Waals surface area contributed by atoms with E-state index in [1.165, 1.54) is 37.7 Å². The molecule has 0 amide bonds. The topological polar surface area (TPSA) is 86.4 Å². The maximum absolute atomic E-state index is 10.2. The number of nitrogens with two attached hydrogens (primary N) is 1. The highest BCUT2D eigenvalue weighted by molar-refractivity contribution is 5.64. The van der Waals surface area contributed by atoms with Gasteiger partial charge >= 0.3 is 0 Å². The molecule has 0 saturated carbocycles. The zero-order valence-electron chi connectivity index (χ0n) is 58.1. The molecule has 0 aromatic heterocycles. The number of carbonyl (C=O) groups excluding carboxylic acids is 1. The van der Waals surface area contributed by atoms with Crippen molar-refractivity contribution in [1.29, 1.82) is 0 Å². The maximum Gasteiger partial charge on any atom is 0.0464 e. The van der Waals surface area contributed by atoms with Crippen LogP contribution in [0.5, 0.6) is 0 Å². The minimum Gasteiger partial charge on any atom is -0.550 e. The van der Waals surface area contributed by atoms with Gasteiger partial charge in [0.05, 0.1) is 0 Å². The Labute approximate surface area is 477 Å². The van der Waals surface area contributed by atoms with Gasteiger partial charge in [0, 0.05) is 12.6 Å². The summed E-state index contributed by atoms with van der Waals surface area (Å²) < 4.78 is 0. The second-order valence-electron chi connectivity index (χ2n) is 28.2. The monoisotopic (exact) mass is 1060 g/mol. The van der Waals surface area contributed by atoms with Crippen LogP contribution in [0.1, 0.15) is 279 Å². The van der Waals surface area contributed by atoms with E-state index in [4.69, 9.17) is 10.8 Å². The van der Waals surface area contributed by atoms with E-state index >= 15 is 0 Å². The van der Waals surface area contributed by atoms with E-state index in [0.717, 1.165) is 95.8 Å². The standard InChI is InChI=1S/C14H22.C11H25N.C10H20O2.C9H20.C8H18O.2C8H18.C3H8/c1-11(2)14(12(3)4)10-13-8-6-5-7-9-13;1-9(2)11(10(3)4)7-5-6-8-12;1-7(2)9(8(3)4)5-6-10(11)12;1-7(2)9(5,6)8(3)4;1-6(2)8(5-9)7(3)4;2*1-6(2)8(5)7(3)4;1-3-2/h5-9,11-12,14H,10H2,1-4H3;9-11H,5-8,12H2,1-4H3;7-9H,5-6H2,1-4H3,(H,11,12);7-8H,1-6H3;6-9H,5H2,1-4H3;2*6-8H,1-5H3;3H2,1-2H3/p-1. The lowest BCUT2D eigenvalue weighted by Gasteiger charge is -2.33. The van der Waals surface area contributed by atoms with E-state index in [1.54, 1.807) is 0 Å². The molecule has 3 N–H and O–H groups in total. The Balaban J connectivity index is -0.000000144. The summed E-state index contributed by atoms with van der Waals surface area (Å²) in [7, 11) is 0. The van der Waals surface area contributed by atoms with Gasteiger partial charge in [-0.3, -0.25) is 0 Å². The van der Waals surface area contributed by atoms with Crippen LogP contribution in [0.15, 0.2) is 30.3 Å². The summed E-state index contributed by atoms with van der Waals surface area (Å²) in [6.07, 6.45) is 7.26. The Morgan fingerprint density at radius 1 is 0.453 bits per heavy atom. The van der Waals surface area contributed by atoms with Gasteiger partial charge in [0.1, 0.15) is 0 Å². The van der Waals surface area contributed by atoms with Gasteiger partial charge in [0.25, 0.3) is 0 Å². The van der Waals surface area contributed by atoms with Gasteiger partial charge in [-0.05, 0) is 168 Å². The average Bonchev–Trinajstić information content (AvgIpc) is 3.27. The van der Waals surface area contributed by atoms with Gasteiger partial charge in [-0.2, -0.15) is 0 Å². The second kappa shape index (κ2) is 52.0. The maximum atomic E-state index is 10.2. The van der Waals surface area contributed by atoms with Crippen LogP contribution in [0.2, 0.25) is 0 Å². The van der Waals surface area contributed by atoms with Crippen molar-refractivity contribution in [2.45, 2.75) is 280 Å². The molecule has 0 bridgehead atoms. The zero-order valence-corrected chi connectivity index (χ0v) is 58.1. The van der Waals surface area contributed by atoms with Crippen molar-refractivity contribution in [2.75, 3.05) is 13.2 Å². The highest BCUT2D eigenvalue weighted by Gasteiger charge is 2.25. The number of carboxylic acid groups (broad SMARTS) is 1. The molecule has 0 aliphatic heterocycles. The fourth-order valence-corrected chi connectivity index (χ4v) is 9.21. The van der Waals surface area contributed by atoms with Crippen LogP contribution in [0.4, 0.5) is 0 Å². The first kappa shape index (κ1) is 87.5. The fourth-order valence-electron chi connectivity index (χ4n) is 9.21. The summed E-state index contributed by atoms with van der Waals surface area (Å²) in [5, 5.41) is 19.1. The number of hydrogen-bond acceptors (Lipinski definition) is 4. The van der Waals surface area contributed by atoms with E-state index in [1.807, 2.05) is 0 Å². The summed E-state index contributed by atoms with van der Waals surface area (Å²) in [6.45, 7) is 77.9. The van der Waals surface area contributed by atoms with E-state index in [-0.39, 0.29) is 6.42 Å².